The van der Waals surface area contributed by atoms with Gasteiger partial charge < -0.3 is 10.6 Å². The Bertz CT molecular complexity index is 481. The highest BCUT2D eigenvalue weighted by Crippen LogP contribution is 2.32. The zero-order chi connectivity index (χ0) is 14.7. The van der Waals surface area contributed by atoms with Crippen LogP contribution in [0.3, 0.4) is 0 Å². The topological polar surface area (TPSA) is 41.1 Å². The van der Waals surface area contributed by atoms with Crippen molar-refractivity contribution in [2.24, 2.45) is 0 Å². The number of thiophene rings is 1. The summed E-state index contributed by atoms with van der Waals surface area (Å²) in [7, 11) is 2.00. The molecule has 1 aromatic heterocycles. The van der Waals surface area contributed by atoms with E-state index in [-0.39, 0.29) is 11.4 Å². The lowest BCUT2D eigenvalue weighted by Crippen LogP contribution is -2.48. The summed E-state index contributed by atoms with van der Waals surface area (Å²) < 4.78 is 0. The molecule has 1 heterocycles. The molecule has 0 saturated heterocycles. The fourth-order valence-electron chi connectivity index (χ4n) is 3.78. The molecule has 1 fully saturated rings. The second-order valence-electron chi connectivity index (χ2n) is 6.56. The molecule has 0 bridgehead atoms. The molecule has 3 nitrogen and oxygen atoms in total. The number of aryl methyl sites for hydroxylation is 2. The molecule has 0 aromatic carbocycles. The summed E-state index contributed by atoms with van der Waals surface area (Å²) in [6.07, 6.45) is 10.4. The minimum atomic E-state index is 0.0412. The molecule has 0 atom stereocenters. The van der Waals surface area contributed by atoms with E-state index in [0.29, 0.717) is 13.0 Å². The maximum Gasteiger partial charge on any atom is 0.222 e. The normalized spacial score (nSPS) is 20.2. The van der Waals surface area contributed by atoms with Crippen LogP contribution in [0.2, 0.25) is 0 Å². The fraction of sp³-hybridized carbons (Fsp3) is 0.706. The van der Waals surface area contributed by atoms with Crippen LogP contribution < -0.4 is 10.6 Å². The number of hydrogen-bond donors (Lipinski definition) is 2. The lowest BCUT2D eigenvalue weighted by molar-refractivity contribution is -0.123. The Morgan fingerprint density at radius 2 is 2.05 bits per heavy atom. The molecule has 4 heteroatoms. The Kier molecular flexibility index (Phi) is 4.65. The SMILES string of the molecule is CNC1(CC(=O)NCc2cc3c(s2)CCC3)CCCCC1. The molecule has 1 amide bonds. The highest BCUT2D eigenvalue weighted by molar-refractivity contribution is 7.12. The molecule has 2 aliphatic rings. The first-order chi connectivity index (χ1) is 10.2. The average molecular weight is 306 g/mol. The molecule has 0 radical (unpaired) electrons. The third-order valence-corrected chi connectivity index (χ3v) is 6.33. The maximum absolute atomic E-state index is 12.3. The van der Waals surface area contributed by atoms with Gasteiger partial charge in [-0.3, -0.25) is 4.79 Å². The summed E-state index contributed by atoms with van der Waals surface area (Å²) in [5.41, 5.74) is 1.56. The highest BCUT2D eigenvalue weighted by Gasteiger charge is 2.32. The summed E-state index contributed by atoms with van der Waals surface area (Å²) >= 11 is 1.88. The first kappa shape index (κ1) is 15.0. The van der Waals surface area contributed by atoms with Gasteiger partial charge in [0.15, 0.2) is 0 Å². The minimum absolute atomic E-state index is 0.0412. The van der Waals surface area contributed by atoms with E-state index in [2.05, 4.69) is 16.7 Å². The van der Waals surface area contributed by atoms with Crippen LogP contribution in [0.5, 0.6) is 0 Å². The van der Waals surface area contributed by atoms with Crippen LogP contribution in [0.25, 0.3) is 0 Å². The number of rotatable bonds is 5. The second kappa shape index (κ2) is 6.49. The van der Waals surface area contributed by atoms with E-state index < -0.39 is 0 Å². The molecule has 3 rings (SSSR count). The molecule has 1 saturated carbocycles. The Morgan fingerprint density at radius 1 is 1.24 bits per heavy atom. The summed E-state index contributed by atoms with van der Waals surface area (Å²) in [6.45, 7) is 0.705. The lowest BCUT2D eigenvalue weighted by Gasteiger charge is -2.36. The van der Waals surface area contributed by atoms with Crippen LogP contribution in [0.4, 0.5) is 0 Å². The van der Waals surface area contributed by atoms with Crippen LogP contribution in [-0.4, -0.2) is 18.5 Å². The van der Waals surface area contributed by atoms with Crippen molar-refractivity contribution in [2.45, 2.75) is 69.9 Å². The summed E-state index contributed by atoms with van der Waals surface area (Å²) in [6, 6.07) is 2.29. The number of fused-ring (bicyclic) bond motifs is 1. The van der Waals surface area contributed by atoms with Crippen molar-refractivity contribution in [3.05, 3.63) is 21.4 Å². The Labute approximate surface area is 131 Å². The van der Waals surface area contributed by atoms with Crippen LogP contribution in [0, 0.1) is 0 Å². The van der Waals surface area contributed by atoms with Crippen molar-refractivity contribution in [3.8, 4) is 0 Å². The monoisotopic (exact) mass is 306 g/mol. The van der Waals surface area contributed by atoms with Gasteiger partial charge in [-0.05, 0) is 50.8 Å². The largest absolute Gasteiger partial charge is 0.351 e. The molecule has 2 aliphatic carbocycles. The van der Waals surface area contributed by atoms with Crippen LogP contribution in [-0.2, 0) is 24.2 Å². The van der Waals surface area contributed by atoms with Crippen molar-refractivity contribution in [1.29, 1.82) is 0 Å². The van der Waals surface area contributed by atoms with Gasteiger partial charge in [0.1, 0.15) is 0 Å². The van der Waals surface area contributed by atoms with Gasteiger partial charge in [-0.2, -0.15) is 0 Å². The molecule has 21 heavy (non-hydrogen) atoms. The van der Waals surface area contributed by atoms with E-state index in [9.17, 15) is 4.79 Å². The molecular formula is C17H26N2OS. The maximum atomic E-state index is 12.3. The number of nitrogens with one attached hydrogen (secondary N) is 2. The van der Waals surface area contributed by atoms with Crippen LogP contribution in [0.15, 0.2) is 6.07 Å². The highest BCUT2D eigenvalue weighted by atomic mass is 32.1. The lowest BCUT2D eigenvalue weighted by atomic mass is 9.79. The Balaban J connectivity index is 1.51. The van der Waals surface area contributed by atoms with Crippen molar-refractivity contribution in [1.82, 2.24) is 10.6 Å². The van der Waals surface area contributed by atoms with E-state index in [1.54, 1.807) is 4.88 Å². The van der Waals surface area contributed by atoms with E-state index in [4.69, 9.17) is 0 Å². The number of amides is 1. The van der Waals surface area contributed by atoms with Gasteiger partial charge in [0.05, 0.1) is 6.54 Å². The first-order valence-electron chi connectivity index (χ1n) is 8.27. The van der Waals surface area contributed by atoms with E-state index >= 15 is 0 Å². The Morgan fingerprint density at radius 3 is 2.76 bits per heavy atom. The third kappa shape index (κ3) is 3.49. The zero-order valence-electron chi connectivity index (χ0n) is 13.0. The molecular weight excluding hydrogens is 280 g/mol. The number of carbonyl (C=O) groups excluding carboxylic acids is 1. The minimum Gasteiger partial charge on any atom is -0.351 e. The summed E-state index contributed by atoms with van der Waals surface area (Å²) in [4.78, 5) is 15.1. The summed E-state index contributed by atoms with van der Waals surface area (Å²) in [5.74, 6) is 0.194. The molecule has 2 N–H and O–H groups in total. The van der Waals surface area contributed by atoms with Gasteiger partial charge in [0.25, 0.3) is 0 Å². The number of hydrogen-bond acceptors (Lipinski definition) is 3. The third-order valence-electron chi connectivity index (χ3n) is 5.10. The number of carbonyl (C=O) groups is 1. The van der Waals surface area contributed by atoms with E-state index in [1.165, 1.54) is 49.0 Å². The molecule has 0 unspecified atom stereocenters. The van der Waals surface area contributed by atoms with E-state index in [1.807, 2.05) is 18.4 Å². The molecule has 0 aliphatic heterocycles. The van der Waals surface area contributed by atoms with Gasteiger partial charge in [0, 0.05) is 21.7 Å². The smallest absolute Gasteiger partial charge is 0.222 e. The van der Waals surface area contributed by atoms with Crippen LogP contribution >= 0.6 is 11.3 Å². The molecule has 1 aromatic rings. The quantitative estimate of drug-likeness (QED) is 0.877. The molecule has 116 valence electrons. The fourth-order valence-corrected chi connectivity index (χ4v) is 4.98. The van der Waals surface area contributed by atoms with Gasteiger partial charge in [-0.25, -0.2) is 0 Å². The Hall–Kier alpha value is -0.870. The van der Waals surface area contributed by atoms with Gasteiger partial charge in [0.2, 0.25) is 5.91 Å². The predicted molar refractivity (Wildman–Crippen MR) is 87.7 cm³/mol. The summed E-state index contributed by atoms with van der Waals surface area (Å²) in [5, 5.41) is 6.55. The second-order valence-corrected chi connectivity index (χ2v) is 7.78. The van der Waals surface area contributed by atoms with Crippen molar-refractivity contribution in [3.63, 3.8) is 0 Å². The standard InChI is InChI=1S/C17H26N2OS/c1-18-17(8-3-2-4-9-17)11-16(20)19-12-14-10-13-6-5-7-15(13)21-14/h10,18H,2-9,11-12H2,1H3,(H,19,20). The van der Waals surface area contributed by atoms with Gasteiger partial charge in [-0.1, -0.05) is 19.3 Å². The van der Waals surface area contributed by atoms with Gasteiger partial charge in [-0.15, -0.1) is 11.3 Å². The van der Waals surface area contributed by atoms with Crippen molar-refractivity contribution < 1.29 is 4.79 Å². The van der Waals surface area contributed by atoms with Crippen LogP contribution in [0.1, 0.15) is 60.3 Å². The average Bonchev–Trinajstić information content (AvgIpc) is 3.07. The predicted octanol–water partition coefficient (Wildman–Crippen LogP) is 3.17. The van der Waals surface area contributed by atoms with E-state index in [0.717, 1.165) is 12.8 Å². The molecule has 0 spiro atoms. The zero-order valence-corrected chi connectivity index (χ0v) is 13.8. The van der Waals surface area contributed by atoms with Crippen molar-refractivity contribution in [2.75, 3.05) is 7.05 Å². The first-order valence-corrected chi connectivity index (χ1v) is 9.08. The van der Waals surface area contributed by atoms with Crippen molar-refractivity contribution >= 4 is 17.2 Å². The van der Waals surface area contributed by atoms with Gasteiger partial charge >= 0.3 is 0 Å².